The number of nitrogens with zero attached hydrogens (tertiary/aromatic N) is 3. The smallest absolute Gasteiger partial charge is 0.237 e. The zero-order chi connectivity index (χ0) is 14.5. The molecule has 0 bridgehead atoms. The molecule has 1 atom stereocenters. The van der Waals surface area contributed by atoms with Gasteiger partial charge in [-0.25, -0.2) is 9.97 Å². The second kappa shape index (κ2) is 9.50. The zero-order valence-electron chi connectivity index (χ0n) is 12.6. The molecule has 0 aliphatic carbocycles. The van der Waals surface area contributed by atoms with Gasteiger partial charge in [0.05, 0.1) is 6.04 Å². The number of piperidine rings is 1. The van der Waals surface area contributed by atoms with Crippen LogP contribution in [0.25, 0.3) is 5.82 Å². The van der Waals surface area contributed by atoms with Crippen LogP contribution in [0.5, 0.6) is 0 Å². The SMILES string of the molecule is Cl.Cl.O=C(NCc1ccnc(-n2ccnc2)c1)[C@H]1CCCCN1. The Hall–Kier alpha value is -1.63. The Balaban J connectivity index is 0.00000132. The molecule has 2 aromatic heterocycles. The summed E-state index contributed by atoms with van der Waals surface area (Å²) in [6.07, 6.45) is 10.2. The van der Waals surface area contributed by atoms with Crippen molar-refractivity contribution in [1.29, 1.82) is 0 Å². The summed E-state index contributed by atoms with van der Waals surface area (Å²) in [5.74, 6) is 0.880. The zero-order valence-corrected chi connectivity index (χ0v) is 14.3. The van der Waals surface area contributed by atoms with Gasteiger partial charge >= 0.3 is 0 Å². The first-order valence-corrected chi connectivity index (χ1v) is 7.27. The lowest BCUT2D eigenvalue weighted by Crippen LogP contribution is -2.46. The van der Waals surface area contributed by atoms with Crippen molar-refractivity contribution in [3.05, 3.63) is 42.6 Å². The van der Waals surface area contributed by atoms with E-state index in [0.29, 0.717) is 6.54 Å². The molecule has 23 heavy (non-hydrogen) atoms. The predicted octanol–water partition coefficient (Wildman–Crippen LogP) is 1.87. The first-order valence-electron chi connectivity index (χ1n) is 7.27. The number of carbonyl (C=O) groups is 1. The molecule has 0 unspecified atom stereocenters. The molecular weight excluding hydrogens is 337 g/mol. The first kappa shape index (κ1) is 19.4. The Bertz CT molecular complexity index is 600. The second-order valence-electron chi connectivity index (χ2n) is 5.21. The highest BCUT2D eigenvalue weighted by molar-refractivity contribution is 5.85. The van der Waals surface area contributed by atoms with Gasteiger partial charge in [0.1, 0.15) is 12.1 Å². The van der Waals surface area contributed by atoms with E-state index >= 15 is 0 Å². The minimum Gasteiger partial charge on any atom is -0.351 e. The molecule has 1 aliphatic rings. The highest BCUT2D eigenvalue weighted by Gasteiger charge is 2.19. The fourth-order valence-electron chi connectivity index (χ4n) is 2.49. The van der Waals surface area contributed by atoms with Gasteiger partial charge in [0.15, 0.2) is 0 Å². The number of imidazole rings is 1. The molecule has 3 rings (SSSR count). The summed E-state index contributed by atoms with van der Waals surface area (Å²) in [4.78, 5) is 20.4. The van der Waals surface area contributed by atoms with Crippen LogP contribution in [0.3, 0.4) is 0 Å². The van der Waals surface area contributed by atoms with Gasteiger partial charge in [-0.3, -0.25) is 9.36 Å². The average Bonchev–Trinajstić information content (AvgIpc) is 3.08. The molecule has 126 valence electrons. The molecule has 1 amide bonds. The summed E-state index contributed by atoms with van der Waals surface area (Å²) in [7, 11) is 0. The van der Waals surface area contributed by atoms with E-state index in [4.69, 9.17) is 0 Å². The fourth-order valence-corrected chi connectivity index (χ4v) is 2.49. The Morgan fingerprint density at radius 1 is 1.35 bits per heavy atom. The third-order valence-electron chi connectivity index (χ3n) is 3.67. The van der Waals surface area contributed by atoms with Gasteiger partial charge in [0.25, 0.3) is 0 Å². The van der Waals surface area contributed by atoms with Gasteiger partial charge in [-0.1, -0.05) is 6.42 Å². The summed E-state index contributed by atoms with van der Waals surface area (Å²) in [6.45, 7) is 1.44. The average molecular weight is 358 g/mol. The van der Waals surface area contributed by atoms with E-state index in [-0.39, 0.29) is 36.8 Å². The Morgan fingerprint density at radius 2 is 2.22 bits per heavy atom. The Kier molecular flexibility index (Phi) is 8.02. The third-order valence-corrected chi connectivity index (χ3v) is 3.67. The van der Waals surface area contributed by atoms with Crippen LogP contribution < -0.4 is 10.6 Å². The van der Waals surface area contributed by atoms with E-state index < -0.39 is 0 Å². The van der Waals surface area contributed by atoms with Crippen molar-refractivity contribution < 1.29 is 4.79 Å². The summed E-state index contributed by atoms with van der Waals surface area (Å²) in [5.41, 5.74) is 1.03. The molecule has 2 N–H and O–H groups in total. The molecule has 1 saturated heterocycles. The second-order valence-corrected chi connectivity index (χ2v) is 5.21. The van der Waals surface area contributed by atoms with E-state index in [1.807, 2.05) is 22.9 Å². The highest BCUT2D eigenvalue weighted by atomic mass is 35.5. The summed E-state index contributed by atoms with van der Waals surface area (Å²) >= 11 is 0. The number of aromatic nitrogens is 3. The normalized spacial score (nSPS) is 16.8. The van der Waals surface area contributed by atoms with Crippen molar-refractivity contribution in [2.45, 2.75) is 31.8 Å². The van der Waals surface area contributed by atoms with Crippen LogP contribution in [0.15, 0.2) is 37.1 Å². The minimum absolute atomic E-state index is 0. The summed E-state index contributed by atoms with van der Waals surface area (Å²) < 4.78 is 1.84. The van der Waals surface area contributed by atoms with Crippen molar-refractivity contribution in [2.75, 3.05) is 6.54 Å². The number of amides is 1. The number of nitrogens with one attached hydrogen (secondary N) is 2. The van der Waals surface area contributed by atoms with Gasteiger partial charge in [-0.2, -0.15) is 0 Å². The molecule has 3 heterocycles. The maximum absolute atomic E-state index is 12.1. The molecule has 1 aliphatic heterocycles. The van der Waals surface area contributed by atoms with Crippen LogP contribution in [0.1, 0.15) is 24.8 Å². The van der Waals surface area contributed by atoms with Crippen molar-refractivity contribution in [1.82, 2.24) is 25.2 Å². The van der Waals surface area contributed by atoms with Crippen molar-refractivity contribution >= 4 is 30.7 Å². The Morgan fingerprint density at radius 3 is 2.91 bits per heavy atom. The van der Waals surface area contributed by atoms with Gasteiger partial charge < -0.3 is 10.6 Å². The van der Waals surface area contributed by atoms with E-state index in [9.17, 15) is 4.79 Å². The van der Waals surface area contributed by atoms with Gasteiger partial charge in [-0.15, -0.1) is 24.8 Å². The maximum atomic E-state index is 12.1. The van der Waals surface area contributed by atoms with Crippen LogP contribution in [-0.4, -0.2) is 33.0 Å². The van der Waals surface area contributed by atoms with Gasteiger partial charge in [-0.05, 0) is 37.1 Å². The van der Waals surface area contributed by atoms with Crippen LogP contribution in [0.4, 0.5) is 0 Å². The number of pyridine rings is 1. The third kappa shape index (κ3) is 5.20. The molecule has 6 nitrogen and oxygen atoms in total. The number of hydrogen-bond donors (Lipinski definition) is 2. The van der Waals surface area contributed by atoms with Crippen molar-refractivity contribution in [3.63, 3.8) is 0 Å². The predicted molar refractivity (Wildman–Crippen MR) is 93.3 cm³/mol. The summed E-state index contributed by atoms with van der Waals surface area (Å²) in [6, 6.07) is 3.82. The minimum atomic E-state index is -0.0475. The number of halogens is 2. The molecule has 0 radical (unpaired) electrons. The lowest BCUT2D eigenvalue weighted by atomic mass is 10.0. The number of hydrogen-bond acceptors (Lipinski definition) is 4. The van der Waals surface area contributed by atoms with Crippen molar-refractivity contribution in [2.24, 2.45) is 0 Å². The monoisotopic (exact) mass is 357 g/mol. The number of rotatable bonds is 4. The molecule has 1 fully saturated rings. The fraction of sp³-hybridized carbons (Fsp3) is 0.400. The van der Waals surface area contributed by atoms with E-state index in [2.05, 4.69) is 20.6 Å². The quantitative estimate of drug-likeness (QED) is 0.875. The van der Waals surface area contributed by atoms with Crippen molar-refractivity contribution in [3.8, 4) is 5.82 Å². The molecule has 0 saturated carbocycles. The lowest BCUT2D eigenvalue weighted by molar-refractivity contribution is -0.123. The van der Waals surface area contributed by atoms with E-state index in [1.54, 1.807) is 18.7 Å². The lowest BCUT2D eigenvalue weighted by Gasteiger charge is -2.22. The van der Waals surface area contributed by atoms with E-state index in [0.717, 1.165) is 37.2 Å². The van der Waals surface area contributed by atoms with Crippen LogP contribution in [0.2, 0.25) is 0 Å². The Labute approximate surface area is 147 Å². The van der Waals surface area contributed by atoms with Gasteiger partial charge in [0.2, 0.25) is 5.91 Å². The molecular formula is C15H21Cl2N5O. The topological polar surface area (TPSA) is 71.8 Å². The first-order chi connectivity index (χ1) is 10.3. The molecule has 0 spiro atoms. The van der Waals surface area contributed by atoms with Crippen LogP contribution in [0, 0.1) is 0 Å². The maximum Gasteiger partial charge on any atom is 0.237 e. The number of carbonyl (C=O) groups excluding carboxylic acids is 1. The highest BCUT2D eigenvalue weighted by Crippen LogP contribution is 2.09. The van der Waals surface area contributed by atoms with Gasteiger partial charge in [0, 0.05) is 25.1 Å². The molecule has 2 aromatic rings. The summed E-state index contributed by atoms with van der Waals surface area (Å²) in [5, 5.41) is 6.24. The van der Waals surface area contributed by atoms with E-state index in [1.165, 1.54) is 0 Å². The standard InChI is InChI=1S/C15H19N5O.2ClH/c21-15(13-3-1-2-5-17-13)19-10-12-4-6-18-14(9-12)20-8-7-16-11-20;;/h4,6-9,11,13,17H,1-3,5,10H2,(H,19,21);2*1H/t13-;;/m1../s1. The molecule has 0 aromatic carbocycles. The van der Waals surface area contributed by atoms with Crippen LogP contribution >= 0.6 is 24.8 Å². The largest absolute Gasteiger partial charge is 0.351 e. The molecule has 8 heteroatoms. The van der Waals surface area contributed by atoms with Crippen LogP contribution in [-0.2, 0) is 11.3 Å².